The number of rotatable bonds is 10. The summed E-state index contributed by atoms with van der Waals surface area (Å²) in [5.74, 6) is 2.07. The predicted molar refractivity (Wildman–Crippen MR) is 301 cm³/mol. The normalized spacial score (nSPS) is 12.6. The zero-order valence-electron chi connectivity index (χ0n) is 45.3. The molecule has 0 unspecified atom stereocenters. The molecule has 0 amide bonds. The fraction of sp³-hybridized carbons (Fsp3) is 0.265. The molecule has 10 rings (SSSR count). The number of imidazole rings is 1. The van der Waals surface area contributed by atoms with Gasteiger partial charge in [-0.25, -0.2) is 4.98 Å². The molecule has 0 aliphatic rings. The van der Waals surface area contributed by atoms with Crippen LogP contribution in [0.15, 0.2) is 176 Å². The van der Waals surface area contributed by atoms with Gasteiger partial charge in [0.25, 0.3) is 6.33 Å². The van der Waals surface area contributed by atoms with Crippen molar-refractivity contribution in [3.63, 3.8) is 0 Å². The van der Waals surface area contributed by atoms with Gasteiger partial charge in [0.1, 0.15) is 5.82 Å². The third-order valence-corrected chi connectivity index (χ3v) is 14.8. The van der Waals surface area contributed by atoms with Crippen molar-refractivity contribution in [3.05, 3.63) is 234 Å². The Kier molecular flexibility index (Phi) is 13.7. The van der Waals surface area contributed by atoms with E-state index in [0.29, 0.717) is 11.5 Å². The molecule has 0 radical (unpaired) electrons. The van der Waals surface area contributed by atoms with Gasteiger partial charge >= 0.3 is 0 Å². The molecule has 0 aliphatic carbocycles. The summed E-state index contributed by atoms with van der Waals surface area (Å²) in [7, 11) is 0. The van der Waals surface area contributed by atoms with Crippen LogP contribution in [-0.2, 0) is 48.1 Å². The minimum atomic E-state index is -0.435. The molecule has 3 heterocycles. The Labute approximate surface area is 454 Å². The Morgan fingerprint density at radius 3 is 1.73 bits per heavy atom. The third-order valence-electron chi connectivity index (χ3n) is 14.8. The first-order valence-electron chi connectivity index (χ1n) is 25.7. The van der Waals surface area contributed by atoms with Crippen molar-refractivity contribution in [2.75, 3.05) is 0 Å². The Balaban J connectivity index is 0.00000672. The van der Waals surface area contributed by atoms with E-state index in [-0.39, 0.29) is 42.7 Å². The smallest absolute Gasteiger partial charge is 0.267 e. The van der Waals surface area contributed by atoms with E-state index in [0.717, 1.165) is 61.4 Å². The van der Waals surface area contributed by atoms with Crippen molar-refractivity contribution in [1.29, 1.82) is 0 Å². The standard InChI is InChI=1S/C68H68N4O.Pt/c1-64(2,3)50-33-34-69-62(40-50)72-59-32-24-23-31-57(59)63-58(66(7,8)9)42-56(43-60(63)72)73-55-39-51(65(4,5)6)37-53(41-55)70-44-61(68(12,13)49-29-21-16-22-30-49)71(45-70)54-36-47(46-25-17-14-18-26-46)35-52(38-54)67(10,11)48-27-19-15-20-28-48;/h14-40,42,44H,1-13H3;/q-2;. The molecule has 6 heteroatoms. The van der Waals surface area contributed by atoms with E-state index >= 15 is 0 Å². The van der Waals surface area contributed by atoms with Crippen molar-refractivity contribution in [3.8, 4) is 39.8 Å². The molecule has 0 N–H and O–H groups in total. The van der Waals surface area contributed by atoms with E-state index in [1.807, 2.05) is 6.20 Å². The maximum Gasteiger partial charge on any atom is 0.267 e. The third kappa shape index (κ3) is 9.96. The Morgan fingerprint density at radius 2 is 1.09 bits per heavy atom. The number of fused-ring (bicyclic) bond motifs is 3. The number of aromatic nitrogens is 4. The first kappa shape index (κ1) is 52.1. The second-order valence-electron chi connectivity index (χ2n) is 23.9. The second-order valence-corrected chi connectivity index (χ2v) is 23.9. The van der Waals surface area contributed by atoms with E-state index in [2.05, 4.69) is 292 Å². The number of hydrogen-bond acceptors (Lipinski definition) is 2. The summed E-state index contributed by atoms with van der Waals surface area (Å²) in [6.45, 7) is 29.5. The van der Waals surface area contributed by atoms with Gasteiger partial charge < -0.3 is 13.9 Å². The summed E-state index contributed by atoms with van der Waals surface area (Å²) < 4.78 is 13.8. The fourth-order valence-corrected chi connectivity index (χ4v) is 10.2. The largest absolute Gasteiger partial charge is 0.510 e. The molecule has 0 fully saturated rings. The van der Waals surface area contributed by atoms with Crippen LogP contribution in [0.3, 0.4) is 0 Å². The van der Waals surface area contributed by atoms with Gasteiger partial charge in [-0.1, -0.05) is 216 Å². The number of para-hydroxylation sites is 1. The van der Waals surface area contributed by atoms with Gasteiger partial charge in [0.2, 0.25) is 0 Å². The molecule has 3 aromatic heterocycles. The van der Waals surface area contributed by atoms with Gasteiger partial charge in [0.15, 0.2) is 0 Å². The summed E-state index contributed by atoms with van der Waals surface area (Å²) in [6.07, 6.45) is 8.06. The molecule has 7 aromatic carbocycles. The molecular formula is C68H68N4OPt-2. The zero-order chi connectivity index (χ0) is 51.7. The van der Waals surface area contributed by atoms with Crippen molar-refractivity contribution >= 4 is 21.8 Å². The van der Waals surface area contributed by atoms with Crippen molar-refractivity contribution in [1.82, 2.24) is 14.1 Å². The average molecular weight is 1150 g/mol. The second kappa shape index (κ2) is 19.5. The van der Waals surface area contributed by atoms with Gasteiger partial charge in [-0.05, 0) is 91.0 Å². The Bertz CT molecular complexity index is 3640. The van der Waals surface area contributed by atoms with Crippen LogP contribution in [0.25, 0.3) is 50.1 Å². The Hall–Kier alpha value is -6.81. The molecule has 0 saturated carbocycles. The first-order chi connectivity index (χ1) is 34.6. The van der Waals surface area contributed by atoms with Gasteiger partial charge in [-0.2, -0.15) is 11.6 Å². The monoisotopic (exact) mass is 1150 g/mol. The van der Waals surface area contributed by atoms with Crippen LogP contribution < -0.4 is 9.30 Å². The summed E-state index contributed by atoms with van der Waals surface area (Å²) in [6, 6.07) is 66.4. The zero-order valence-corrected chi connectivity index (χ0v) is 47.5. The van der Waals surface area contributed by atoms with Gasteiger partial charge in [-0.15, -0.1) is 29.8 Å². The van der Waals surface area contributed by atoms with E-state index in [4.69, 9.17) is 9.72 Å². The SMILES string of the molecule is CC(C)(C)c1cc(Oc2[c-]c3c(c(C(C)(C)C)c2)c2ccccc2n3-c2cc(C(C)(C)C)ccn2)[c-]c(-n2[c-][n+](-c3cc(-c4ccccc4)cc(C(C)(C)c4ccccc4)c3)c(C(C)(C)c3ccccc3)c2)c1.[Pt]. The van der Waals surface area contributed by atoms with Crippen LogP contribution >= 0.6 is 0 Å². The average Bonchev–Trinajstić information content (AvgIpc) is 3.97. The van der Waals surface area contributed by atoms with E-state index < -0.39 is 5.41 Å². The molecule has 10 aromatic rings. The summed E-state index contributed by atoms with van der Waals surface area (Å²) in [4.78, 5) is 4.99. The fourth-order valence-electron chi connectivity index (χ4n) is 10.2. The van der Waals surface area contributed by atoms with Crippen LogP contribution in [0.4, 0.5) is 0 Å². The van der Waals surface area contributed by atoms with Gasteiger partial charge in [0, 0.05) is 61.3 Å². The molecular weight excluding hydrogens is 1080 g/mol. The molecule has 378 valence electrons. The number of ether oxygens (including phenoxy) is 1. The van der Waals surface area contributed by atoms with Crippen molar-refractivity contribution in [2.24, 2.45) is 0 Å². The van der Waals surface area contributed by atoms with E-state index in [1.165, 1.54) is 27.8 Å². The molecule has 0 bridgehead atoms. The quantitative estimate of drug-likeness (QED) is 0.101. The van der Waals surface area contributed by atoms with Crippen LogP contribution in [-0.4, -0.2) is 14.1 Å². The molecule has 74 heavy (non-hydrogen) atoms. The summed E-state index contributed by atoms with van der Waals surface area (Å²) >= 11 is 0. The topological polar surface area (TPSA) is 35.9 Å². The predicted octanol–water partition coefficient (Wildman–Crippen LogP) is 16.6. The van der Waals surface area contributed by atoms with Crippen LogP contribution in [0.1, 0.15) is 129 Å². The Morgan fingerprint density at radius 1 is 0.500 bits per heavy atom. The number of hydrogen-bond donors (Lipinski definition) is 0. The number of pyridine rings is 1. The van der Waals surface area contributed by atoms with Crippen molar-refractivity contribution < 1.29 is 30.4 Å². The van der Waals surface area contributed by atoms with E-state index in [9.17, 15) is 0 Å². The molecule has 5 nitrogen and oxygen atoms in total. The van der Waals surface area contributed by atoms with Crippen LogP contribution in [0.2, 0.25) is 0 Å². The molecule has 0 atom stereocenters. The molecule has 0 spiro atoms. The number of benzene rings is 7. The van der Waals surface area contributed by atoms with Crippen LogP contribution in [0, 0.1) is 18.5 Å². The van der Waals surface area contributed by atoms with Crippen molar-refractivity contribution in [2.45, 2.75) is 117 Å². The summed E-state index contributed by atoms with van der Waals surface area (Å²) in [5, 5.41) is 2.31. The minimum absolute atomic E-state index is 0. The maximum absolute atomic E-state index is 7.12. The summed E-state index contributed by atoms with van der Waals surface area (Å²) in [5.41, 5.74) is 13.2. The van der Waals surface area contributed by atoms with Crippen LogP contribution in [0.5, 0.6) is 11.5 Å². The molecule has 0 aliphatic heterocycles. The van der Waals surface area contributed by atoms with E-state index in [1.54, 1.807) is 0 Å². The van der Waals surface area contributed by atoms with Gasteiger partial charge in [-0.3, -0.25) is 4.57 Å². The maximum atomic E-state index is 7.12. The first-order valence-corrected chi connectivity index (χ1v) is 25.7. The minimum Gasteiger partial charge on any atom is -0.510 e. The van der Waals surface area contributed by atoms with Gasteiger partial charge in [0.05, 0.1) is 11.4 Å². The number of nitrogens with zero attached hydrogens (tertiary/aromatic N) is 4. The molecule has 0 saturated heterocycles.